The van der Waals surface area contributed by atoms with E-state index in [1.165, 1.54) is 38.3 Å². The van der Waals surface area contributed by atoms with E-state index < -0.39 is 0 Å². The molecule has 0 spiro atoms. The number of fused-ring (bicyclic) bond motifs is 1. The molecule has 4 rings (SSSR count). The fraction of sp³-hybridized carbons (Fsp3) is 0.500. The van der Waals surface area contributed by atoms with E-state index in [1.807, 2.05) is 24.4 Å². The van der Waals surface area contributed by atoms with Crippen molar-refractivity contribution in [2.24, 2.45) is 11.8 Å². The highest BCUT2D eigenvalue weighted by Crippen LogP contribution is 2.28. The summed E-state index contributed by atoms with van der Waals surface area (Å²) in [5.74, 6) is 1.74. The van der Waals surface area contributed by atoms with Crippen LogP contribution >= 0.6 is 23.7 Å². The predicted octanol–water partition coefficient (Wildman–Crippen LogP) is 2.67. The van der Waals surface area contributed by atoms with Gasteiger partial charge in [-0.2, -0.15) is 0 Å². The highest BCUT2D eigenvalue weighted by atomic mass is 35.5. The predicted molar refractivity (Wildman–Crippen MR) is 92.3 cm³/mol. The summed E-state index contributed by atoms with van der Waals surface area (Å²) in [5.41, 5.74) is 2.16. The lowest BCUT2D eigenvalue weighted by Gasteiger charge is -2.33. The maximum atomic E-state index is 4.76. The van der Waals surface area contributed by atoms with E-state index in [4.69, 9.17) is 4.98 Å². The van der Waals surface area contributed by atoms with Crippen LogP contribution in [0.3, 0.4) is 0 Å². The van der Waals surface area contributed by atoms with Crippen LogP contribution in [-0.4, -0.2) is 41.0 Å². The number of hydrogen-bond donors (Lipinski definition) is 1. The first-order chi connectivity index (χ1) is 10.4. The first kappa shape index (κ1) is 15.9. The van der Waals surface area contributed by atoms with Gasteiger partial charge in [-0.15, -0.1) is 23.7 Å². The lowest BCUT2D eigenvalue weighted by molar-refractivity contribution is 0.141. The van der Waals surface area contributed by atoms with Gasteiger partial charge in [-0.1, -0.05) is 6.07 Å². The molecule has 4 heterocycles. The van der Waals surface area contributed by atoms with E-state index in [-0.39, 0.29) is 12.4 Å². The van der Waals surface area contributed by atoms with Crippen molar-refractivity contribution in [2.75, 3.05) is 26.2 Å². The van der Waals surface area contributed by atoms with E-state index in [9.17, 15) is 0 Å². The van der Waals surface area contributed by atoms with E-state index in [2.05, 4.69) is 20.6 Å². The Balaban J connectivity index is 0.00000144. The van der Waals surface area contributed by atoms with Crippen LogP contribution in [0.5, 0.6) is 0 Å². The standard InChI is InChI=1S/C16H20N4S.ClH/c1-2-5-18-15(3-1)16-19-14(11-21-16)10-20-6-4-12-7-17-8-13(12)9-20;/h1-3,5,11-13,17H,4,6-10H2;1H. The maximum Gasteiger partial charge on any atom is 0.142 e. The molecule has 22 heavy (non-hydrogen) atoms. The summed E-state index contributed by atoms with van der Waals surface area (Å²) in [4.78, 5) is 11.7. The summed E-state index contributed by atoms with van der Waals surface area (Å²) in [6.07, 6.45) is 3.16. The molecule has 2 aliphatic heterocycles. The maximum absolute atomic E-state index is 4.76. The van der Waals surface area contributed by atoms with E-state index >= 15 is 0 Å². The number of aromatic nitrogens is 2. The lowest BCUT2D eigenvalue weighted by Crippen LogP contribution is -2.39. The highest BCUT2D eigenvalue weighted by molar-refractivity contribution is 7.13. The minimum Gasteiger partial charge on any atom is -0.316 e. The Hall–Kier alpha value is -1.01. The molecule has 0 saturated carbocycles. The zero-order valence-corrected chi connectivity index (χ0v) is 14.1. The monoisotopic (exact) mass is 336 g/mol. The molecule has 0 amide bonds. The minimum absolute atomic E-state index is 0. The fourth-order valence-electron chi connectivity index (χ4n) is 3.47. The van der Waals surface area contributed by atoms with Crippen LogP contribution in [0.15, 0.2) is 29.8 Å². The van der Waals surface area contributed by atoms with Gasteiger partial charge in [0.25, 0.3) is 0 Å². The molecule has 118 valence electrons. The van der Waals surface area contributed by atoms with Gasteiger partial charge in [-0.3, -0.25) is 9.88 Å². The van der Waals surface area contributed by atoms with Crippen molar-refractivity contribution in [3.8, 4) is 10.7 Å². The van der Waals surface area contributed by atoms with Gasteiger partial charge in [0.05, 0.1) is 11.4 Å². The number of thiazole rings is 1. The van der Waals surface area contributed by atoms with E-state index in [0.29, 0.717) is 0 Å². The Kier molecular flexibility index (Phi) is 5.08. The van der Waals surface area contributed by atoms with Crippen LogP contribution < -0.4 is 5.32 Å². The summed E-state index contributed by atoms with van der Waals surface area (Å²) in [7, 11) is 0. The normalized spacial score (nSPS) is 24.7. The molecule has 0 aromatic carbocycles. The number of likely N-dealkylation sites (tertiary alicyclic amines) is 1. The summed E-state index contributed by atoms with van der Waals surface area (Å²) in [6.45, 7) is 5.82. The van der Waals surface area contributed by atoms with Gasteiger partial charge in [0.1, 0.15) is 5.01 Å². The van der Waals surface area contributed by atoms with Gasteiger partial charge in [-0.05, 0) is 50.0 Å². The molecule has 2 saturated heterocycles. The Bertz CT molecular complexity index is 603. The van der Waals surface area contributed by atoms with Gasteiger partial charge in [-0.25, -0.2) is 4.98 Å². The Morgan fingerprint density at radius 3 is 3.05 bits per heavy atom. The minimum atomic E-state index is 0. The van der Waals surface area contributed by atoms with Crippen LogP contribution in [0, 0.1) is 11.8 Å². The molecule has 0 aliphatic carbocycles. The van der Waals surface area contributed by atoms with Crippen molar-refractivity contribution in [1.82, 2.24) is 20.2 Å². The highest BCUT2D eigenvalue weighted by Gasteiger charge is 2.32. The molecule has 2 fully saturated rings. The van der Waals surface area contributed by atoms with Gasteiger partial charge in [0.2, 0.25) is 0 Å². The molecule has 0 bridgehead atoms. The molecular weight excluding hydrogens is 316 g/mol. The second kappa shape index (κ2) is 7.04. The van der Waals surface area contributed by atoms with Crippen molar-refractivity contribution in [1.29, 1.82) is 0 Å². The summed E-state index contributed by atoms with van der Waals surface area (Å²) in [6, 6.07) is 5.98. The lowest BCUT2D eigenvalue weighted by atomic mass is 9.89. The first-order valence-electron chi connectivity index (χ1n) is 7.67. The van der Waals surface area contributed by atoms with Gasteiger partial charge in [0.15, 0.2) is 0 Å². The summed E-state index contributed by atoms with van der Waals surface area (Å²) >= 11 is 1.70. The smallest absolute Gasteiger partial charge is 0.142 e. The number of rotatable bonds is 3. The second-order valence-corrected chi connectivity index (χ2v) is 6.92. The van der Waals surface area contributed by atoms with Crippen LogP contribution in [0.4, 0.5) is 0 Å². The Labute approximate surface area is 141 Å². The third kappa shape index (κ3) is 3.33. The third-order valence-electron chi connectivity index (χ3n) is 4.61. The van der Waals surface area contributed by atoms with Crippen molar-refractivity contribution in [2.45, 2.75) is 13.0 Å². The molecule has 2 aromatic heterocycles. The zero-order valence-electron chi connectivity index (χ0n) is 12.4. The SMILES string of the molecule is Cl.c1ccc(-c2nc(CN3CCC4CNCC4C3)cs2)nc1. The molecule has 2 unspecified atom stereocenters. The molecule has 6 heteroatoms. The fourth-order valence-corrected chi connectivity index (χ4v) is 4.26. The molecule has 1 N–H and O–H groups in total. The number of piperidine rings is 1. The third-order valence-corrected chi connectivity index (χ3v) is 5.52. The summed E-state index contributed by atoms with van der Waals surface area (Å²) < 4.78 is 0. The summed E-state index contributed by atoms with van der Waals surface area (Å²) in [5, 5.41) is 6.74. The molecule has 2 atom stereocenters. The van der Waals surface area contributed by atoms with Crippen molar-refractivity contribution in [3.05, 3.63) is 35.5 Å². The van der Waals surface area contributed by atoms with Crippen LogP contribution in [0.1, 0.15) is 12.1 Å². The molecule has 2 aliphatic rings. The van der Waals surface area contributed by atoms with E-state index in [0.717, 1.165) is 29.1 Å². The number of halogens is 1. The number of nitrogens with one attached hydrogen (secondary N) is 1. The first-order valence-corrected chi connectivity index (χ1v) is 8.55. The number of pyridine rings is 1. The van der Waals surface area contributed by atoms with E-state index in [1.54, 1.807) is 11.3 Å². The topological polar surface area (TPSA) is 41.1 Å². The Morgan fingerprint density at radius 1 is 1.27 bits per heavy atom. The molecule has 4 nitrogen and oxygen atoms in total. The average molecular weight is 337 g/mol. The van der Waals surface area contributed by atoms with Crippen molar-refractivity contribution in [3.63, 3.8) is 0 Å². The number of hydrogen-bond acceptors (Lipinski definition) is 5. The molecule has 2 aromatic rings. The molecular formula is C16H21ClN4S. The van der Waals surface area contributed by atoms with Crippen LogP contribution in [0.2, 0.25) is 0 Å². The average Bonchev–Trinajstić information content (AvgIpc) is 3.17. The van der Waals surface area contributed by atoms with Crippen molar-refractivity contribution >= 4 is 23.7 Å². The van der Waals surface area contributed by atoms with Gasteiger partial charge < -0.3 is 5.32 Å². The van der Waals surface area contributed by atoms with Crippen LogP contribution in [0.25, 0.3) is 10.7 Å². The van der Waals surface area contributed by atoms with Gasteiger partial charge >= 0.3 is 0 Å². The van der Waals surface area contributed by atoms with Gasteiger partial charge in [0, 0.05) is 24.7 Å². The number of nitrogens with zero attached hydrogens (tertiary/aromatic N) is 3. The Morgan fingerprint density at radius 2 is 2.18 bits per heavy atom. The zero-order chi connectivity index (χ0) is 14.1. The van der Waals surface area contributed by atoms with Crippen molar-refractivity contribution < 1.29 is 0 Å². The quantitative estimate of drug-likeness (QED) is 0.935. The van der Waals surface area contributed by atoms with Crippen LogP contribution in [-0.2, 0) is 6.54 Å². The largest absolute Gasteiger partial charge is 0.316 e. The second-order valence-electron chi connectivity index (χ2n) is 6.06. The molecule has 0 radical (unpaired) electrons.